The van der Waals surface area contributed by atoms with Gasteiger partial charge in [-0.05, 0) is 12.1 Å². The molecule has 1 amide bonds. The summed E-state index contributed by atoms with van der Waals surface area (Å²) in [6.07, 6.45) is -3.57. The van der Waals surface area contributed by atoms with E-state index in [1.165, 1.54) is 29.2 Å². The van der Waals surface area contributed by atoms with E-state index in [4.69, 9.17) is 0 Å². The van der Waals surface area contributed by atoms with Crippen LogP contribution in [-0.2, 0) is 10.0 Å². The molecule has 0 aliphatic carbocycles. The number of carbonyl (C=O) groups is 1. The Morgan fingerprint density at radius 1 is 1.26 bits per heavy atom. The normalized spacial score (nSPS) is 16.9. The molecule has 1 aromatic carbocycles. The molecule has 0 aromatic heterocycles. The molecule has 7 nitrogen and oxygen atoms in total. The van der Waals surface area contributed by atoms with Crippen molar-refractivity contribution in [2.75, 3.05) is 43.7 Å². The van der Waals surface area contributed by atoms with Crippen molar-refractivity contribution < 1.29 is 26.4 Å². The molecule has 27 heavy (non-hydrogen) atoms. The molecule has 3 N–H and O–H groups in total. The summed E-state index contributed by atoms with van der Waals surface area (Å²) >= 11 is 0. The van der Waals surface area contributed by atoms with E-state index < -0.39 is 34.7 Å². The quantitative estimate of drug-likeness (QED) is 0.627. The Morgan fingerprint density at radius 3 is 2.41 bits per heavy atom. The number of nitrogens with one attached hydrogen (secondary N) is 3. The fourth-order valence-electron chi connectivity index (χ4n) is 2.70. The van der Waals surface area contributed by atoms with Crippen LogP contribution in [0, 0.1) is 0 Å². The number of hydrogen-bond donors (Lipinski definition) is 3. The fraction of sp³-hybridized carbons (Fsp3) is 0.533. The molecule has 1 heterocycles. The highest BCUT2D eigenvalue weighted by atomic mass is 35.5. The van der Waals surface area contributed by atoms with E-state index in [1.54, 1.807) is 0 Å². The van der Waals surface area contributed by atoms with Crippen molar-refractivity contribution in [3.8, 4) is 0 Å². The first-order valence-electron chi connectivity index (χ1n) is 7.94. The maximum Gasteiger partial charge on any atom is 0.405 e. The van der Waals surface area contributed by atoms with Crippen LogP contribution in [0.2, 0.25) is 0 Å². The van der Waals surface area contributed by atoms with Gasteiger partial charge in [0.2, 0.25) is 10.0 Å². The Balaban J connectivity index is 0.00000364. The lowest BCUT2D eigenvalue weighted by Gasteiger charge is -2.35. The maximum atomic E-state index is 13.4. The number of nitrogens with zero attached hydrogens (tertiary/aromatic N) is 1. The highest BCUT2D eigenvalue weighted by Gasteiger charge is 2.43. The number of anilines is 1. The SMILES string of the molecule is CS(=O)(=O)Nc1ccccc1C(=O)NCC(N1CCNCC1)C(F)(F)F.Cl. The van der Waals surface area contributed by atoms with E-state index in [0.29, 0.717) is 13.1 Å². The molecular weight excluding hydrogens is 409 g/mol. The minimum Gasteiger partial charge on any atom is -0.350 e. The van der Waals surface area contributed by atoms with Crippen LogP contribution in [0.1, 0.15) is 10.4 Å². The molecule has 1 saturated heterocycles. The van der Waals surface area contributed by atoms with E-state index in [1.807, 2.05) is 0 Å². The van der Waals surface area contributed by atoms with Crippen LogP contribution in [-0.4, -0.2) is 70.4 Å². The summed E-state index contributed by atoms with van der Waals surface area (Å²) in [5.41, 5.74) is -0.0302. The molecule has 1 unspecified atom stereocenters. The zero-order chi connectivity index (χ0) is 19.4. The van der Waals surface area contributed by atoms with E-state index in [2.05, 4.69) is 15.4 Å². The average molecular weight is 431 g/mol. The number of rotatable bonds is 6. The molecule has 1 aliphatic heterocycles. The van der Waals surface area contributed by atoms with Gasteiger partial charge in [-0.25, -0.2) is 8.42 Å². The lowest BCUT2D eigenvalue weighted by molar-refractivity contribution is -0.183. The largest absolute Gasteiger partial charge is 0.405 e. The first-order chi connectivity index (χ1) is 12.1. The van der Waals surface area contributed by atoms with Gasteiger partial charge in [-0.3, -0.25) is 14.4 Å². The smallest absolute Gasteiger partial charge is 0.350 e. The van der Waals surface area contributed by atoms with Gasteiger partial charge in [-0.15, -0.1) is 12.4 Å². The second-order valence-corrected chi connectivity index (χ2v) is 7.72. The van der Waals surface area contributed by atoms with Gasteiger partial charge in [0.1, 0.15) is 6.04 Å². The molecule has 0 spiro atoms. The third-order valence-electron chi connectivity index (χ3n) is 3.89. The monoisotopic (exact) mass is 430 g/mol. The van der Waals surface area contributed by atoms with Crippen molar-refractivity contribution in [1.82, 2.24) is 15.5 Å². The molecule has 1 aromatic rings. The number of hydrogen-bond acceptors (Lipinski definition) is 5. The predicted molar refractivity (Wildman–Crippen MR) is 98.8 cm³/mol. The van der Waals surface area contributed by atoms with Gasteiger partial charge >= 0.3 is 6.18 Å². The van der Waals surface area contributed by atoms with Crippen LogP contribution >= 0.6 is 12.4 Å². The first-order valence-corrected chi connectivity index (χ1v) is 9.83. The van der Waals surface area contributed by atoms with Crippen molar-refractivity contribution in [3.05, 3.63) is 29.8 Å². The summed E-state index contributed by atoms with van der Waals surface area (Å²) in [7, 11) is -3.63. The zero-order valence-electron chi connectivity index (χ0n) is 14.5. The Morgan fingerprint density at radius 2 is 1.85 bits per heavy atom. The summed E-state index contributed by atoms with van der Waals surface area (Å²) in [6, 6.07) is 3.93. The number of para-hydroxylation sites is 1. The summed E-state index contributed by atoms with van der Waals surface area (Å²) in [5, 5.41) is 5.25. The van der Waals surface area contributed by atoms with Gasteiger partial charge in [-0.2, -0.15) is 13.2 Å². The average Bonchev–Trinajstić information content (AvgIpc) is 2.53. The van der Waals surface area contributed by atoms with Crippen LogP contribution in [0.5, 0.6) is 0 Å². The highest BCUT2D eigenvalue weighted by molar-refractivity contribution is 7.92. The van der Waals surface area contributed by atoms with Crippen molar-refractivity contribution in [2.45, 2.75) is 12.2 Å². The van der Waals surface area contributed by atoms with Gasteiger partial charge in [0.05, 0.1) is 17.5 Å². The molecule has 12 heteroatoms. The Labute approximate surface area is 162 Å². The van der Waals surface area contributed by atoms with Crippen LogP contribution < -0.4 is 15.4 Å². The van der Waals surface area contributed by atoms with E-state index in [-0.39, 0.29) is 36.7 Å². The second-order valence-electron chi connectivity index (χ2n) is 5.97. The van der Waals surface area contributed by atoms with Crippen LogP contribution in [0.3, 0.4) is 0 Å². The lowest BCUT2D eigenvalue weighted by Crippen LogP contribution is -2.57. The third-order valence-corrected chi connectivity index (χ3v) is 4.48. The summed E-state index contributed by atoms with van der Waals surface area (Å²) < 4.78 is 65.0. The van der Waals surface area contributed by atoms with E-state index in [9.17, 15) is 26.4 Å². The summed E-state index contributed by atoms with van der Waals surface area (Å²) in [4.78, 5) is 13.6. The minimum absolute atomic E-state index is 0. The minimum atomic E-state index is -4.49. The number of piperazine rings is 1. The fourth-order valence-corrected chi connectivity index (χ4v) is 3.28. The Kier molecular flexibility index (Phi) is 8.33. The molecule has 1 aliphatic rings. The van der Waals surface area contributed by atoms with Gasteiger partial charge in [-0.1, -0.05) is 12.1 Å². The zero-order valence-corrected chi connectivity index (χ0v) is 16.2. The summed E-state index contributed by atoms with van der Waals surface area (Å²) in [6.45, 7) is 0.733. The number of carbonyl (C=O) groups excluding carboxylic acids is 1. The van der Waals surface area contributed by atoms with E-state index in [0.717, 1.165) is 6.26 Å². The summed E-state index contributed by atoms with van der Waals surface area (Å²) in [5.74, 6) is -0.777. The lowest BCUT2D eigenvalue weighted by atomic mass is 10.1. The Bertz CT molecular complexity index is 740. The molecule has 0 bridgehead atoms. The molecule has 2 rings (SSSR count). The molecule has 1 atom stereocenters. The van der Waals surface area contributed by atoms with Crippen molar-refractivity contribution in [3.63, 3.8) is 0 Å². The third kappa shape index (κ3) is 7.17. The Hall–Kier alpha value is -1.56. The molecular formula is C15H22ClF3N4O3S. The molecule has 154 valence electrons. The van der Waals surface area contributed by atoms with Crippen LogP contribution in [0.4, 0.5) is 18.9 Å². The number of amides is 1. The van der Waals surface area contributed by atoms with Crippen molar-refractivity contribution >= 4 is 34.0 Å². The van der Waals surface area contributed by atoms with Crippen LogP contribution in [0.25, 0.3) is 0 Å². The topological polar surface area (TPSA) is 90.5 Å². The van der Waals surface area contributed by atoms with Gasteiger partial charge < -0.3 is 10.6 Å². The molecule has 0 radical (unpaired) electrons. The highest BCUT2D eigenvalue weighted by Crippen LogP contribution is 2.25. The number of benzene rings is 1. The molecule has 1 fully saturated rings. The first kappa shape index (κ1) is 23.5. The van der Waals surface area contributed by atoms with Gasteiger partial charge in [0, 0.05) is 32.7 Å². The number of halogens is 4. The second kappa shape index (κ2) is 9.58. The standard InChI is InChI=1S/C15H21F3N4O3S.ClH/c1-26(24,25)21-12-5-3-2-4-11(12)14(23)20-10-13(15(16,17)18)22-8-6-19-7-9-22;/h2-5,13,19,21H,6-10H2,1H3,(H,20,23);1H. The van der Waals surface area contributed by atoms with Gasteiger partial charge in [0.15, 0.2) is 0 Å². The number of alkyl halides is 3. The predicted octanol–water partition coefficient (Wildman–Crippen LogP) is 1.05. The van der Waals surface area contributed by atoms with Crippen molar-refractivity contribution in [1.29, 1.82) is 0 Å². The number of sulfonamides is 1. The van der Waals surface area contributed by atoms with Crippen LogP contribution in [0.15, 0.2) is 24.3 Å². The molecule has 0 saturated carbocycles. The van der Waals surface area contributed by atoms with Crippen molar-refractivity contribution in [2.24, 2.45) is 0 Å². The maximum absolute atomic E-state index is 13.4. The van der Waals surface area contributed by atoms with Gasteiger partial charge in [0.25, 0.3) is 5.91 Å². The van der Waals surface area contributed by atoms with E-state index >= 15 is 0 Å².